The van der Waals surface area contributed by atoms with Gasteiger partial charge in [0.05, 0.1) is 28.5 Å². The van der Waals surface area contributed by atoms with Gasteiger partial charge < -0.3 is 26.2 Å². The normalized spacial score (nSPS) is 20.5. The summed E-state index contributed by atoms with van der Waals surface area (Å²) in [4.78, 5) is 47.6. The summed E-state index contributed by atoms with van der Waals surface area (Å²) in [7, 11) is 0. The zero-order valence-corrected chi connectivity index (χ0v) is 26.0. The number of aromatic nitrogens is 1. The molecule has 0 bridgehead atoms. The average Bonchev–Trinajstić information content (AvgIpc) is 3.47. The summed E-state index contributed by atoms with van der Waals surface area (Å²) in [5.41, 5.74) is 6.42. The Bertz CT molecular complexity index is 1420. The van der Waals surface area contributed by atoms with Crippen molar-refractivity contribution < 1.29 is 24.6 Å². The summed E-state index contributed by atoms with van der Waals surface area (Å²) in [6.07, 6.45) is 5.56. The van der Waals surface area contributed by atoms with Gasteiger partial charge in [0.2, 0.25) is 5.91 Å². The molecule has 230 valence electrons. The second kappa shape index (κ2) is 13.4. The molecule has 0 radical (unpaired) electrons. The number of carboxylic acid groups (broad SMARTS) is 2. The number of piperazine rings is 1. The number of carbonyl (C=O) groups is 3. The van der Waals surface area contributed by atoms with Crippen LogP contribution in [-0.2, 0) is 20.8 Å². The monoisotopic (exact) mass is 647 g/mol. The van der Waals surface area contributed by atoms with E-state index in [1.165, 1.54) is 17.8 Å². The maximum Gasteiger partial charge on any atom is 0.334 e. The van der Waals surface area contributed by atoms with Gasteiger partial charge in [-0.05, 0) is 43.4 Å². The zero-order valence-electron chi connectivity index (χ0n) is 23.7. The molecule has 2 fully saturated rings. The van der Waals surface area contributed by atoms with E-state index in [-0.39, 0.29) is 56.6 Å². The zero-order chi connectivity index (χ0) is 30.7. The number of aryl methyl sites for hydroxylation is 1. The second-order valence-electron chi connectivity index (χ2n) is 11.4. The van der Waals surface area contributed by atoms with Crippen molar-refractivity contribution in [2.75, 3.05) is 39.3 Å². The van der Waals surface area contributed by atoms with E-state index in [9.17, 15) is 24.6 Å². The van der Waals surface area contributed by atoms with Gasteiger partial charge in [-0.25, -0.2) is 14.6 Å². The molecule has 13 heteroatoms. The largest absolute Gasteiger partial charge is 0.478 e. The minimum absolute atomic E-state index is 0.136. The number of hydrogen-bond acceptors (Lipinski definition) is 8. The number of nitrogens with two attached hydrogens (primary N) is 1. The highest BCUT2D eigenvalue weighted by atomic mass is 35.5. The van der Waals surface area contributed by atoms with Crippen molar-refractivity contribution in [2.45, 2.75) is 44.4 Å². The van der Waals surface area contributed by atoms with Crippen molar-refractivity contribution >= 4 is 52.4 Å². The number of halogens is 2. The van der Waals surface area contributed by atoms with Crippen LogP contribution in [0.5, 0.6) is 0 Å². The fourth-order valence-corrected chi connectivity index (χ4v) is 7.57. The lowest BCUT2D eigenvalue weighted by Crippen LogP contribution is -2.54. The number of rotatable bonds is 11. The van der Waals surface area contributed by atoms with Crippen LogP contribution in [0.3, 0.4) is 0 Å². The number of thiazole rings is 1. The van der Waals surface area contributed by atoms with Crippen LogP contribution in [0.2, 0.25) is 10.0 Å². The molecule has 5 rings (SSSR count). The molecule has 3 heterocycles. The minimum Gasteiger partial charge on any atom is -0.478 e. The molecule has 5 N–H and O–H groups in total. The maximum absolute atomic E-state index is 13.6. The Morgan fingerprint density at radius 1 is 1.02 bits per heavy atom. The Kier molecular flexibility index (Phi) is 9.77. The fraction of sp³-hybridized carbons (Fsp3) is 0.467. The molecule has 1 saturated carbocycles. The molecular weight excluding hydrogens is 613 g/mol. The molecule has 10 nitrogen and oxygen atoms in total. The highest BCUT2D eigenvalue weighted by Crippen LogP contribution is 2.45. The van der Waals surface area contributed by atoms with E-state index in [4.69, 9.17) is 28.9 Å². The summed E-state index contributed by atoms with van der Waals surface area (Å²) in [6, 6.07) is 4.70. The van der Waals surface area contributed by atoms with Crippen LogP contribution in [0.4, 0.5) is 0 Å². The highest BCUT2D eigenvalue weighted by Gasteiger charge is 2.42. The van der Waals surface area contributed by atoms with E-state index in [0.717, 1.165) is 24.4 Å². The van der Waals surface area contributed by atoms with Gasteiger partial charge >= 0.3 is 11.9 Å². The molecule has 1 unspecified atom stereocenters. The standard InChI is InChI=1S/C30H35Cl2N5O5S/c31-18-3-1-4-19(32)24(18)27-25(28(39)40)20(5-6-22-34-9-14-43-22)35-21(26(27)29(41)42)15-23(38)37-12-10-36(11-13-37)17-30(16-33)7-2-8-30/h1,3-4,9,14,27,35H,2,5-8,10-13,15-17,33H2,(H,39,40)(H,41,42). The van der Waals surface area contributed by atoms with Crippen molar-refractivity contribution in [3.63, 3.8) is 0 Å². The van der Waals surface area contributed by atoms with Crippen molar-refractivity contribution in [2.24, 2.45) is 11.1 Å². The van der Waals surface area contributed by atoms with Gasteiger partial charge in [0.15, 0.2) is 0 Å². The Hall–Kier alpha value is -2.96. The van der Waals surface area contributed by atoms with Crippen molar-refractivity contribution in [3.05, 3.63) is 72.9 Å². The molecule has 2 aromatic rings. The van der Waals surface area contributed by atoms with Gasteiger partial charge in [-0.2, -0.15) is 0 Å². The molecule has 1 aliphatic carbocycles. The summed E-state index contributed by atoms with van der Waals surface area (Å²) in [5.74, 6) is -4.19. The third-order valence-corrected chi connectivity index (χ3v) is 10.3. The van der Waals surface area contributed by atoms with E-state index in [2.05, 4.69) is 15.2 Å². The Morgan fingerprint density at radius 2 is 1.67 bits per heavy atom. The molecule has 1 saturated heterocycles. The van der Waals surface area contributed by atoms with Crippen LogP contribution in [0, 0.1) is 5.41 Å². The lowest BCUT2D eigenvalue weighted by atomic mass is 9.68. The van der Waals surface area contributed by atoms with Crippen molar-refractivity contribution in [3.8, 4) is 0 Å². The number of carboxylic acids is 2. The fourth-order valence-electron chi connectivity index (χ4n) is 6.33. The molecule has 1 aromatic heterocycles. The minimum atomic E-state index is -1.36. The van der Waals surface area contributed by atoms with Crippen LogP contribution < -0.4 is 11.1 Å². The van der Waals surface area contributed by atoms with Crippen LogP contribution in [0.1, 0.15) is 48.6 Å². The Morgan fingerprint density at radius 3 is 2.21 bits per heavy atom. The van der Waals surface area contributed by atoms with E-state index >= 15 is 0 Å². The highest BCUT2D eigenvalue weighted by molar-refractivity contribution is 7.09. The quantitative estimate of drug-likeness (QED) is 0.283. The van der Waals surface area contributed by atoms with E-state index in [0.29, 0.717) is 44.8 Å². The number of hydrogen-bond donors (Lipinski definition) is 4. The van der Waals surface area contributed by atoms with Crippen molar-refractivity contribution in [1.82, 2.24) is 20.1 Å². The van der Waals surface area contributed by atoms with Crippen LogP contribution >= 0.6 is 34.5 Å². The summed E-state index contributed by atoms with van der Waals surface area (Å²) in [6.45, 7) is 4.05. The molecule has 3 aliphatic rings. The summed E-state index contributed by atoms with van der Waals surface area (Å²) in [5, 5.41) is 26.8. The van der Waals surface area contributed by atoms with Gasteiger partial charge in [-0.15, -0.1) is 11.3 Å². The number of nitrogens with zero attached hydrogens (tertiary/aromatic N) is 3. The Balaban J connectivity index is 1.44. The average molecular weight is 649 g/mol. The molecule has 0 spiro atoms. The third kappa shape index (κ3) is 6.76. The van der Waals surface area contributed by atoms with E-state index < -0.39 is 17.9 Å². The predicted octanol–water partition coefficient (Wildman–Crippen LogP) is 4.11. The van der Waals surface area contributed by atoms with Gasteiger partial charge in [-0.1, -0.05) is 35.7 Å². The molecule has 43 heavy (non-hydrogen) atoms. The lowest BCUT2D eigenvalue weighted by Gasteiger charge is -2.46. The number of carbonyl (C=O) groups excluding carboxylic acids is 1. The first-order chi connectivity index (χ1) is 20.6. The second-order valence-corrected chi connectivity index (χ2v) is 13.2. The van der Waals surface area contributed by atoms with E-state index in [1.807, 2.05) is 5.38 Å². The van der Waals surface area contributed by atoms with Gasteiger partial charge in [0, 0.05) is 77.7 Å². The first-order valence-electron chi connectivity index (χ1n) is 14.3. The Labute approximate surface area is 264 Å². The first-order valence-corrected chi connectivity index (χ1v) is 16.0. The van der Waals surface area contributed by atoms with Crippen molar-refractivity contribution in [1.29, 1.82) is 0 Å². The molecule has 1 atom stereocenters. The molecule has 1 aromatic carbocycles. The number of benzene rings is 1. The van der Waals surface area contributed by atoms with Gasteiger partial charge in [0.1, 0.15) is 0 Å². The molecule has 2 aliphatic heterocycles. The smallest absolute Gasteiger partial charge is 0.334 e. The van der Waals surface area contributed by atoms with Crippen LogP contribution in [0.25, 0.3) is 0 Å². The first kappa shape index (κ1) is 31.5. The number of allylic oxidation sites excluding steroid dienone is 1. The van der Waals surface area contributed by atoms with E-state index in [1.54, 1.807) is 29.3 Å². The molecular formula is C30H35Cl2N5O5S. The number of dihydropyridines is 1. The van der Waals surface area contributed by atoms with Crippen LogP contribution in [-0.4, -0.2) is 82.1 Å². The number of aliphatic carboxylic acids is 2. The van der Waals surface area contributed by atoms with Gasteiger partial charge in [0.25, 0.3) is 0 Å². The predicted molar refractivity (Wildman–Crippen MR) is 165 cm³/mol. The lowest BCUT2D eigenvalue weighted by molar-refractivity contribution is -0.133. The van der Waals surface area contributed by atoms with Gasteiger partial charge in [-0.3, -0.25) is 9.69 Å². The summed E-state index contributed by atoms with van der Waals surface area (Å²) < 4.78 is 0. The maximum atomic E-state index is 13.6. The number of amides is 1. The van der Waals surface area contributed by atoms with Crippen LogP contribution in [0.15, 0.2) is 52.3 Å². The topological polar surface area (TPSA) is 149 Å². The number of nitrogens with one attached hydrogen (secondary N) is 1. The SMILES string of the molecule is NCC1(CN2CCN(C(=O)CC3=C(C(=O)O)C(c4c(Cl)cccc4Cl)C(C(=O)O)=C(CCc4nccs4)N3)CC2)CCC1. The third-order valence-electron chi connectivity index (χ3n) is 8.81. The summed E-state index contributed by atoms with van der Waals surface area (Å²) >= 11 is 14.5. The molecule has 1 amide bonds.